The number of likely N-dealkylation sites (tertiary alicyclic amines) is 2. The minimum absolute atomic E-state index is 0.132. The molecule has 2 atom stereocenters. The van der Waals surface area contributed by atoms with Crippen molar-refractivity contribution in [3.63, 3.8) is 0 Å². The van der Waals surface area contributed by atoms with E-state index in [4.69, 9.17) is 27.9 Å². The minimum atomic E-state index is -4.54. The molecule has 6 rings (SSSR count). The number of benzene rings is 2. The molecule has 1 unspecified atom stereocenters. The number of carbonyl (C=O) groups excluding carboxylic acids is 2. The molecule has 4 heterocycles. The largest absolute Gasteiger partial charge is 0.496 e. The first-order chi connectivity index (χ1) is 21.5. The molecule has 2 saturated heterocycles. The van der Waals surface area contributed by atoms with Gasteiger partial charge in [0.05, 0.1) is 23.9 Å². The Balaban J connectivity index is 1.61. The van der Waals surface area contributed by atoms with Crippen LogP contribution in [0.25, 0.3) is 0 Å². The van der Waals surface area contributed by atoms with Crippen LogP contribution in [0.4, 0.5) is 5.69 Å². The smallest absolute Gasteiger partial charge is 0.288 e. The molecule has 2 fully saturated rings. The van der Waals surface area contributed by atoms with Crippen molar-refractivity contribution in [1.82, 2.24) is 19.7 Å². The van der Waals surface area contributed by atoms with E-state index in [-0.39, 0.29) is 21.6 Å². The van der Waals surface area contributed by atoms with Crippen molar-refractivity contribution in [2.75, 3.05) is 45.1 Å². The maximum Gasteiger partial charge on any atom is 0.288 e. The SMILES string of the molecule is COc1cc(CN2CCCC2)ccc1C1(N2CCC[C@H]2C(=O)N(C)C)C(=O)N(S(=O)(=O)c2ccc(Cl)cn2)c2ccc(Cl)cc21. The fourth-order valence-electron chi connectivity index (χ4n) is 6.94. The Kier molecular flexibility index (Phi) is 8.60. The van der Waals surface area contributed by atoms with Crippen molar-refractivity contribution in [2.24, 2.45) is 0 Å². The van der Waals surface area contributed by atoms with Crippen molar-refractivity contribution in [1.29, 1.82) is 0 Å². The second-order valence-electron chi connectivity index (χ2n) is 11.9. The number of fused-ring (bicyclic) bond motifs is 1. The number of carbonyl (C=O) groups is 2. The molecule has 3 aliphatic rings. The van der Waals surface area contributed by atoms with Gasteiger partial charge in [0.15, 0.2) is 10.6 Å². The maximum atomic E-state index is 15.3. The second-order valence-corrected chi connectivity index (χ2v) is 14.5. The summed E-state index contributed by atoms with van der Waals surface area (Å²) < 4.78 is 35.4. The molecule has 2 amide bonds. The van der Waals surface area contributed by atoms with Gasteiger partial charge in [-0.25, -0.2) is 4.98 Å². The van der Waals surface area contributed by atoms with Gasteiger partial charge in [-0.1, -0.05) is 35.3 Å². The maximum absolute atomic E-state index is 15.3. The number of hydrogen-bond donors (Lipinski definition) is 0. The van der Waals surface area contributed by atoms with Crippen LogP contribution in [0.2, 0.25) is 10.0 Å². The van der Waals surface area contributed by atoms with Gasteiger partial charge in [-0.05, 0) is 80.7 Å². The van der Waals surface area contributed by atoms with Gasteiger partial charge in [0.2, 0.25) is 5.91 Å². The van der Waals surface area contributed by atoms with E-state index in [0.717, 1.165) is 35.8 Å². The predicted octanol–water partition coefficient (Wildman–Crippen LogP) is 4.52. The highest BCUT2D eigenvalue weighted by Gasteiger charge is 2.63. The first-order valence-corrected chi connectivity index (χ1v) is 17.1. The van der Waals surface area contributed by atoms with Crippen molar-refractivity contribution in [3.05, 3.63) is 81.5 Å². The van der Waals surface area contributed by atoms with Crippen molar-refractivity contribution in [3.8, 4) is 5.75 Å². The minimum Gasteiger partial charge on any atom is -0.496 e. The normalized spacial score (nSPS) is 22.2. The van der Waals surface area contributed by atoms with Crippen molar-refractivity contribution in [2.45, 2.75) is 48.8 Å². The van der Waals surface area contributed by atoms with Gasteiger partial charge in [-0.15, -0.1) is 0 Å². The number of amides is 2. The molecule has 0 aliphatic carbocycles. The Hall–Kier alpha value is -3.22. The number of rotatable bonds is 8. The van der Waals surface area contributed by atoms with Crippen LogP contribution >= 0.6 is 23.2 Å². The molecule has 3 aromatic rings. The van der Waals surface area contributed by atoms with E-state index in [2.05, 4.69) is 9.88 Å². The molecule has 1 aromatic heterocycles. The number of aromatic nitrogens is 1. The van der Waals surface area contributed by atoms with Gasteiger partial charge >= 0.3 is 0 Å². The fourth-order valence-corrected chi connectivity index (χ4v) is 8.61. The number of nitrogens with zero attached hydrogens (tertiary/aromatic N) is 5. The third kappa shape index (κ3) is 5.28. The Labute approximate surface area is 273 Å². The lowest BCUT2D eigenvalue weighted by molar-refractivity contribution is -0.138. The molecule has 0 spiro atoms. The van der Waals surface area contributed by atoms with Gasteiger partial charge in [0.25, 0.3) is 15.9 Å². The Morgan fingerprint density at radius 2 is 1.73 bits per heavy atom. The number of halogens is 2. The van der Waals surface area contributed by atoms with Gasteiger partial charge in [-0.3, -0.25) is 19.4 Å². The number of likely N-dealkylation sites (N-methyl/N-ethyl adjacent to an activating group) is 1. The van der Waals surface area contributed by atoms with E-state index in [0.29, 0.717) is 47.8 Å². The van der Waals surface area contributed by atoms with Crippen LogP contribution in [0.1, 0.15) is 42.4 Å². The van der Waals surface area contributed by atoms with E-state index in [1.54, 1.807) is 26.2 Å². The van der Waals surface area contributed by atoms with Crippen molar-refractivity contribution < 1.29 is 22.7 Å². The monoisotopic (exact) mass is 671 g/mol. The molecule has 0 saturated carbocycles. The summed E-state index contributed by atoms with van der Waals surface area (Å²) in [5.41, 5.74) is 0.156. The lowest BCUT2D eigenvalue weighted by Crippen LogP contribution is -2.59. The van der Waals surface area contributed by atoms with E-state index in [1.165, 1.54) is 36.4 Å². The topological polar surface area (TPSA) is 103 Å². The zero-order chi connectivity index (χ0) is 32.1. The van der Waals surface area contributed by atoms with E-state index >= 15 is 4.79 Å². The summed E-state index contributed by atoms with van der Waals surface area (Å²) in [7, 11) is 0.336. The van der Waals surface area contributed by atoms with E-state index in [1.807, 2.05) is 23.1 Å². The van der Waals surface area contributed by atoms with E-state index in [9.17, 15) is 13.2 Å². The van der Waals surface area contributed by atoms with Crippen LogP contribution in [-0.2, 0) is 31.7 Å². The summed E-state index contributed by atoms with van der Waals surface area (Å²) in [5, 5.41) is 0.227. The number of hydrogen-bond acceptors (Lipinski definition) is 8. The van der Waals surface area contributed by atoms with Gasteiger partial charge < -0.3 is 9.64 Å². The molecular formula is C32H35Cl2N5O5S. The molecule has 0 radical (unpaired) electrons. The lowest BCUT2D eigenvalue weighted by Gasteiger charge is -2.42. The highest BCUT2D eigenvalue weighted by Crippen LogP contribution is 2.55. The van der Waals surface area contributed by atoms with Crippen LogP contribution in [0.15, 0.2) is 59.8 Å². The summed E-state index contributed by atoms with van der Waals surface area (Å²) in [6.07, 6.45) is 4.62. The molecule has 238 valence electrons. The van der Waals surface area contributed by atoms with Gasteiger partial charge in [0.1, 0.15) is 5.75 Å². The number of pyridine rings is 1. The number of sulfonamides is 1. The summed E-state index contributed by atoms with van der Waals surface area (Å²) in [6, 6.07) is 12.3. The average molecular weight is 673 g/mol. The van der Waals surface area contributed by atoms with Crippen molar-refractivity contribution >= 4 is 50.7 Å². The fraction of sp³-hybridized carbons (Fsp3) is 0.406. The van der Waals surface area contributed by atoms with Crippen LogP contribution in [0, 0.1) is 0 Å². The molecule has 3 aliphatic heterocycles. The molecule has 2 aromatic carbocycles. The molecule has 10 nitrogen and oxygen atoms in total. The highest BCUT2D eigenvalue weighted by molar-refractivity contribution is 7.93. The molecular weight excluding hydrogens is 637 g/mol. The van der Waals surface area contributed by atoms with Crippen LogP contribution in [0.3, 0.4) is 0 Å². The Bertz CT molecular complexity index is 1750. The first kappa shape index (κ1) is 31.7. The summed E-state index contributed by atoms with van der Waals surface area (Å²) in [6.45, 7) is 3.08. The number of methoxy groups -OCH3 is 1. The van der Waals surface area contributed by atoms with Gasteiger partial charge in [-0.2, -0.15) is 12.7 Å². The van der Waals surface area contributed by atoms with E-state index < -0.39 is 27.5 Å². The molecule has 0 N–H and O–H groups in total. The zero-order valence-electron chi connectivity index (χ0n) is 25.4. The third-order valence-corrected chi connectivity index (χ3v) is 11.0. The van der Waals surface area contributed by atoms with Crippen LogP contribution in [-0.4, -0.2) is 86.8 Å². The van der Waals surface area contributed by atoms with Crippen LogP contribution < -0.4 is 9.04 Å². The third-order valence-electron chi connectivity index (χ3n) is 8.94. The predicted molar refractivity (Wildman–Crippen MR) is 172 cm³/mol. The molecule has 13 heteroatoms. The first-order valence-electron chi connectivity index (χ1n) is 14.9. The summed E-state index contributed by atoms with van der Waals surface area (Å²) in [5.74, 6) is -0.535. The highest BCUT2D eigenvalue weighted by atomic mass is 35.5. The average Bonchev–Trinajstić information content (AvgIpc) is 3.76. The summed E-state index contributed by atoms with van der Waals surface area (Å²) in [4.78, 5) is 38.7. The zero-order valence-corrected chi connectivity index (χ0v) is 27.7. The standard InChI is InChI=1S/C32H35Cl2N5O5S/c1-36(2)30(40)27-7-6-16-38(27)32(24-11-8-21(17-28(24)44-3)20-37-14-4-5-15-37)25-18-22(33)9-12-26(25)39(31(32)41)45(42,43)29-13-10-23(34)19-35-29/h8-13,17-19,27H,4-7,14-16,20H2,1-3H3/t27-,32?/m0/s1. The quantitative estimate of drug-likeness (QED) is 0.344. The second kappa shape index (κ2) is 12.2. The number of anilines is 1. The van der Waals surface area contributed by atoms with Crippen LogP contribution in [0.5, 0.6) is 5.75 Å². The van der Waals surface area contributed by atoms with Gasteiger partial charge in [0, 0.05) is 49.5 Å². The Morgan fingerprint density at radius 3 is 2.40 bits per heavy atom. The summed E-state index contributed by atoms with van der Waals surface area (Å²) >= 11 is 12.6. The Morgan fingerprint density at radius 1 is 1.00 bits per heavy atom. The number of ether oxygens (including phenoxy) is 1. The lowest BCUT2D eigenvalue weighted by atomic mass is 9.80. The molecule has 45 heavy (non-hydrogen) atoms. The molecule has 0 bridgehead atoms.